The third-order valence-corrected chi connectivity index (χ3v) is 4.64. The molecule has 1 rings (SSSR count). The first-order chi connectivity index (χ1) is 8.38. The molecule has 1 heterocycles. The first kappa shape index (κ1) is 15.1. The van der Waals surface area contributed by atoms with Crippen LogP contribution in [-0.2, 0) is 0 Å². The van der Waals surface area contributed by atoms with E-state index < -0.39 is 0 Å². The van der Waals surface area contributed by atoms with Crippen LogP contribution in [0.4, 0.5) is 0 Å². The minimum atomic E-state index is 0.571. The molecular formula is C14H25NS2. The standard InChI is InChI=1S/C14H25NS2/c1-3-13(14-9-8-12-17-14)15-10-6-4-5-7-11-16-2/h8-9,12-13,15H,3-7,10-11H2,1-2H3. The zero-order valence-corrected chi connectivity index (χ0v) is 12.7. The summed E-state index contributed by atoms with van der Waals surface area (Å²) in [5, 5.41) is 5.84. The second kappa shape index (κ2) is 9.98. The Bertz CT molecular complexity index is 259. The van der Waals surface area contributed by atoms with E-state index >= 15 is 0 Å². The van der Waals surface area contributed by atoms with Crippen molar-refractivity contribution in [1.29, 1.82) is 0 Å². The number of thioether (sulfide) groups is 1. The van der Waals surface area contributed by atoms with E-state index in [9.17, 15) is 0 Å². The predicted octanol–water partition coefficient (Wildman–Crippen LogP) is 4.71. The van der Waals surface area contributed by atoms with Gasteiger partial charge in [0.25, 0.3) is 0 Å². The van der Waals surface area contributed by atoms with Gasteiger partial charge in [0.05, 0.1) is 0 Å². The summed E-state index contributed by atoms with van der Waals surface area (Å²) >= 11 is 3.82. The molecule has 17 heavy (non-hydrogen) atoms. The maximum Gasteiger partial charge on any atom is 0.0412 e. The highest BCUT2D eigenvalue weighted by Crippen LogP contribution is 2.21. The van der Waals surface area contributed by atoms with Crippen LogP contribution in [0.3, 0.4) is 0 Å². The summed E-state index contributed by atoms with van der Waals surface area (Å²) < 4.78 is 0. The van der Waals surface area contributed by atoms with Gasteiger partial charge in [-0.2, -0.15) is 11.8 Å². The molecule has 0 saturated heterocycles. The van der Waals surface area contributed by atoms with Gasteiger partial charge in [-0.1, -0.05) is 25.8 Å². The Balaban J connectivity index is 2.04. The van der Waals surface area contributed by atoms with Crippen molar-refractivity contribution in [2.75, 3.05) is 18.6 Å². The molecule has 0 spiro atoms. The Labute approximate surface area is 114 Å². The van der Waals surface area contributed by atoms with E-state index in [1.54, 1.807) is 0 Å². The molecule has 1 aromatic heterocycles. The Morgan fingerprint density at radius 2 is 2.12 bits per heavy atom. The van der Waals surface area contributed by atoms with Crippen molar-refractivity contribution in [2.45, 2.75) is 45.1 Å². The molecule has 98 valence electrons. The van der Waals surface area contributed by atoms with Crippen LogP contribution in [0.5, 0.6) is 0 Å². The van der Waals surface area contributed by atoms with Crippen LogP contribution in [0.2, 0.25) is 0 Å². The van der Waals surface area contributed by atoms with Gasteiger partial charge in [-0.25, -0.2) is 0 Å². The summed E-state index contributed by atoms with van der Waals surface area (Å²) in [6.07, 6.45) is 8.83. The lowest BCUT2D eigenvalue weighted by Crippen LogP contribution is -2.21. The number of thiophene rings is 1. The van der Waals surface area contributed by atoms with Gasteiger partial charge in [-0.15, -0.1) is 11.3 Å². The van der Waals surface area contributed by atoms with E-state index in [-0.39, 0.29) is 0 Å². The van der Waals surface area contributed by atoms with Crippen molar-refractivity contribution in [1.82, 2.24) is 5.32 Å². The Morgan fingerprint density at radius 1 is 1.29 bits per heavy atom. The fourth-order valence-corrected chi connectivity index (χ4v) is 3.32. The van der Waals surface area contributed by atoms with Crippen molar-refractivity contribution in [2.24, 2.45) is 0 Å². The smallest absolute Gasteiger partial charge is 0.0412 e. The van der Waals surface area contributed by atoms with Gasteiger partial charge in [0.15, 0.2) is 0 Å². The number of hydrogen-bond donors (Lipinski definition) is 1. The Morgan fingerprint density at radius 3 is 2.76 bits per heavy atom. The molecular weight excluding hydrogens is 246 g/mol. The molecule has 0 aliphatic heterocycles. The molecule has 0 amide bonds. The zero-order valence-electron chi connectivity index (χ0n) is 11.1. The van der Waals surface area contributed by atoms with Crippen LogP contribution >= 0.6 is 23.1 Å². The molecule has 1 unspecified atom stereocenters. The average Bonchev–Trinajstić information content (AvgIpc) is 2.86. The number of hydrogen-bond acceptors (Lipinski definition) is 3. The van der Waals surface area contributed by atoms with E-state index in [1.165, 1.54) is 42.7 Å². The molecule has 1 atom stereocenters. The van der Waals surface area contributed by atoms with E-state index in [0.29, 0.717) is 6.04 Å². The summed E-state index contributed by atoms with van der Waals surface area (Å²) in [5.41, 5.74) is 0. The lowest BCUT2D eigenvalue weighted by molar-refractivity contribution is 0.504. The number of nitrogens with one attached hydrogen (secondary N) is 1. The van der Waals surface area contributed by atoms with Crippen molar-refractivity contribution in [3.63, 3.8) is 0 Å². The topological polar surface area (TPSA) is 12.0 Å². The van der Waals surface area contributed by atoms with Crippen LogP contribution in [0, 0.1) is 0 Å². The largest absolute Gasteiger partial charge is 0.309 e. The lowest BCUT2D eigenvalue weighted by Gasteiger charge is -2.15. The minimum absolute atomic E-state index is 0.571. The molecule has 0 aliphatic carbocycles. The van der Waals surface area contributed by atoms with Gasteiger partial charge in [0.2, 0.25) is 0 Å². The summed E-state index contributed by atoms with van der Waals surface area (Å²) in [6, 6.07) is 4.96. The van der Waals surface area contributed by atoms with Crippen molar-refractivity contribution < 1.29 is 0 Å². The fourth-order valence-electron chi connectivity index (χ4n) is 1.94. The van der Waals surface area contributed by atoms with Gasteiger partial charge in [-0.3, -0.25) is 0 Å². The second-order valence-electron chi connectivity index (χ2n) is 4.34. The average molecular weight is 271 g/mol. The van der Waals surface area contributed by atoms with E-state index in [4.69, 9.17) is 0 Å². The number of unbranched alkanes of at least 4 members (excludes halogenated alkanes) is 3. The van der Waals surface area contributed by atoms with E-state index in [2.05, 4.69) is 36.0 Å². The highest BCUT2D eigenvalue weighted by Gasteiger charge is 2.08. The van der Waals surface area contributed by atoms with Crippen molar-refractivity contribution in [3.8, 4) is 0 Å². The lowest BCUT2D eigenvalue weighted by atomic mass is 10.1. The Kier molecular flexibility index (Phi) is 8.85. The fraction of sp³-hybridized carbons (Fsp3) is 0.714. The third-order valence-electron chi connectivity index (χ3n) is 2.96. The highest BCUT2D eigenvalue weighted by molar-refractivity contribution is 7.98. The van der Waals surface area contributed by atoms with Crippen LogP contribution in [0.15, 0.2) is 17.5 Å². The monoisotopic (exact) mass is 271 g/mol. The summed E-state index contributed by atoms with van der Waals surface area (Å²) in [6.45, 7) is 3.42. The minimum Gasteiger partial charge on any atom is -0.309 e. The molecule has 0 aromatic carbocycles. The van der Waals surface area contributed by atoms with Crippen LogP contribution in [0.25, 0.3) is 0 Å². The molecule has 0 aliphatic rings. The van der Waals surface area contributed by atoms with Gasteiger partial charge in [0.1, 0.15) is 0 Å². The summed E-state index contributed by atoms with van der Waals surface area (Å²) in [4.78, 5) is 1.48. The predicted molar refractivity (Wildman–Crippen MR) is 82.2 cm³/mol. The molecule has 1 aromatic rings. The van der Waals surface area contributed by atoms with Crippen LogP contribution in [-0.4, -0.2) is 18.6 Å². The first-order valence-corrected chi connectivity index (χ1v) is 8.91. The van der Waals surface area contributed by atoms with Crippen LogP contribution < -0.4 is 5.32 Å². The maximum atomic E-state index is 3.67. The normalized spacial score (nSPS) is 12.8. The molecule has 0 saturated carbocycles. The zero-order chi connectivity index (χ0) is 12.3. The maximum absolute atomic E-state index is 3.67. The van der Waals surface area contributed by atoms with E-state index in [0.717, 1.165) is 6.54 Å². The molecule has 0 bridgehead atoms. The molecule has 1 N–H and O–H groups in total. The third kappa shape index (κ3) is 6.49. The van der Waals surface area contributed by atoms with Crippen LogP contribution in [0.1, 0.15) is 49.9 Å². The van der Waals surface area contributed by atoms with E-state index in [1.807, 2.05) is 23.1 Å². The molecule has 0 radical (unpaired) electrons. The van der Waals surface area contributed by atoms with Crippen molar-refractivity contribution in [3.05, 3.63) is 22.4 Å². The quantitative estimate of drug-likeness (QED) is 0.618. The molecule has 1 nitrogen and oxygen atoms in total. The first-order valence-electron chi connectivity index (χ1n) is 6.64. The van der Waals surface area contributed by atoms with Gasteiger partial charge in [0, 0.05) is 10.9 Å². The number of rotatable bonds is 10. The van der Waals surface area contributed by atoms with Gasteiger partial charge in [-0.05, 0) is 49.3 Å². The molecule has 0 fully saturated rings. The Hall–Kier alpha value is 0.01000. The van der Waals surface area contributed by atoms with Gasteiger partial charge < -0.3 is 5.32 Å². The summed E-state index contributed by atoms with van der Waals surface area (Å²) in [5.74, 6) is 1.32. The summed E-state index contributed by atoms with van der Waals surface area (Å²) in [7, 11) is 0. The molecule has 3 heteroatoms. The van der Waals surface area contributed by atoms with Gasteiger partial charge >= 0.3 is 0 Å². The highest BCUT2D eigenvalue weighted by atomic mass is 32.2. The SMILES string of the molecule is CCC(NCCCCCCSC)c1cccs1. The second-order valence-corrected chi connectivity index (χ2v) is 6.30. The van der Waals surface area contributed by atoms with Crippen molar-refractivity contribution >= 4 is 23.1 Å².